The van der Waals surface area contributed by atoms with Crippen LogP contribution in [0.1, 0.15) is 51.0 Å². The van der Waals surface area contributed by atoms with Crippen LogP contribution in [0.15, 0.2) is 22.9 Å². The van der Waals surface area contributed by atoms with Crippen molar-refractivity contribution in [2.24, 2.45) is 5.92 Å². The van der Waals surface area contributed by atoms with Gasteiger partial charge in [0.25, 0.3) is 0 Å². The van der Waals surface area contributed by atoms with Gasteiger partial charge in [-0.05, 0) is 59.3 Å². The van der Waals surface area contributed by atoms with Gasteiger partial charge in [0.2, 0.25) is 0 Å². The smallest absolute Gasteiger partial charge is 0.0410 e. The molecule has 19 heavy (non-hydrogen) atoms. The second-order valence-electron chi connectivity index (χ2n) is 5.75. The van der Waals surface area contributed by atoms with Crippen LogP contribution in [0.4, 0.5) is 0 Å². The second kappa shape index (κ2) is 8.01. The second-order valence-corrected chi connectivity index (χ2v) is 6.67. The first-order chi connectivity index (χ1) is 9.28. The van der Waals surface area contributed by atoms with Crippen molar-refractivity contribution in [3.63, 3.8) is 0 Å². The van der Waals surface area contributed by atoms with Gasteiger partial charge in [-0.2, -0.15) is 0 Å². The topological polar surface area (TPSA) is 24.9 Å². The van der Waals surface area contributed by atoms with E-state index < -0.39 is 0 Å². The summed E-state index contributed by atoms with van der Waals surface area (Å²) in [7, 11) is 0. The van der Waals surface area contributed by atoms with E-state index in [4.69, 9.17) is 0 Å². The van der Waals surface area contributed by atoms with Gasteiger partial charge in [-0.1, -0.05) is 32.6 Å². The zero-order chi connectivity index (χ0) is 13.5. The SMILES string of the molecule is CCCNC(Cc1cncc(Br)c1)CC1CCCC1. The number of nitrogens with one attached hydrogen (secondary N) is 1. The Morgan fingerprint density at radius 3 is 2.84 bits per heavy atom. The molecule has 2 rings (SSSR count). The molecule has 1 aliphatic carbocycles. The molecule has 1 fully saturated rings. The van der Waals surface area contributed by atoms with Crippen molar-refractivity contribution in [1.82, 2.24) is 10.3 Å². The van der Waals surface area contributed by atoms with Gasteiger partial charge in [-0.3, -0.25) is 4.98 Å². The third-order valence-corrected chi connectivity index (χ3v) is 4.45. The average Bonchev–Trinajstić information content (AvgIpc) is 2.89. The predicted octanol–water partition coefficient (Wildman–Crippen LogP) is 4.34. The van der Waals surface area contributed by atoms with E-state index >= 15 is 0 Å². The van der Waals surface area contributed by atoms with Crippen molar-refractivity contribution in [2.75, 3.05) is 6.54 Å². The summed E-state index contributed by atoms with van der Waals surface area (Å²) >= 11 is 3.51. The monoisotopic (exact) mass is 324 g/mol. The Hall–Kier alpha value is -0.410. The lowest BCUT2D eigenvalue weighted by atomic mass is 9.94. The van der Waals surface area contributed by atoms with E-state index in [1.807, 2.05) is 12.4 Å². The summed E-state index contributed by atoms with van der Waals surface area (Å²) in [6, 6.07) is 2.81. The van der Waals surface area contributed by atoms with E-state index in [1.165, 1.54) is 44.1 Å². The van der Waals surface area contributed by atoms with Crippen LogP contribution in [0.2, 0.25) is 0 Å². The number of hydrogen-bond donors (Lipinski definition) is 1. The van der Waals surface area contributed by atoms with Crippen LogP contribution in [-0.4, -0.2) is 17.6 Å². The number of pyridine rings is 1. The van der Waals surface area contributed by atoms with Gasteiger partial charge in [-0.15, -0.1) is 0 Å². The van der Waals surface area contributed by atoms with Crippen LogP contribution in [0.3, 0.4) is 0 Å². The zero-order valence-corrected chi connectivity index (χ0v) is 13.5. The quantitative estimate of drug-likeness (QED) is 0.807. The largest absolute Gasteiger partial charge is 0.314 e. The highest BCUT2D eigenvalue weighted by Crippen LogP contribution is 2.29. The summed E-state index contributed by atoms with van der Waals surface area (Å²) in [5, 5.41) is 3.72. The lowest BCUT2D eigenvalue weighted by Gasteiger charge is -2.22. The first-order valence-electron chi connectivity index (χ1n) is 7.60. The molecule has 0 bridgehead atoms. The summed E-state index contributed by atoms with van der Waals surface area (Å²) in [6.45, 7) is 3.36. The van der Waals surface area contributed by atoms with Gasteiger partial charge < -0.3 is 5.32 Å². The number of nitrogens with zero attached hydrogens (tertiary/aromatic N) is 1. The summed E-state index contributed by atoms with van der Waals surface area (Å²) in [6.07, 6.45) is 13.2. The fraction of sp³-hybridized carbons (Fsp3) is 0.688. The van der Waals surface area contributed by atoms with E-state index in [0.717, 1.165) is 23.4 Å². The van der Waals surface area contributed by atoms with Crippen LogP contribution in [0, 0.1) is 5.92 Å². The highest BCUT2D eigenvalue weighted by Gasteiger charge is 2.20. The molecular weight excluding hydrogens is 300 g/mol. The minimum absolute atomic E-state index is 0.610. The molecule has 1 aromatic rings. The third kappa shape index (κ3) is 5.23. The van der Waals surface area contributed by atoms with E-state index in [0.29, 0.717) is 6.04 Å². The van der Waals surface area contributed by atoms with Crippen LogP contribution in [0.5, 0.6) is 0 Å². The lowest BCUT2D eigenvalue weighted by molar-refractivity contribution is 0.384. The third-order valence-electron chi connectivity index (χ3n) is 4.02. The normalized spacial score (nSPS) is 17.8. The van der Waals surface area contributed by atoms with Crippen LogP contribution in [-0.2, 0) is 6.42 Å². The Bertz CT molecular complexity index is 375. The molecule has 1 saturated carbocycles. The van der Waals surface area contributed by atoms with Crippen molar-refractivity contribution in [1.29, 1.82) is 0 Å². The van der Waals surface area contributed by atoms with Crippen molar-refractivity contribution in [3.05, 3.63) is 28.5 Å². The van der Waals surface area contributed by atoms with E-state index in [9.17, 15) is 0 Å². The van der Waals surface area contributed by atoms with Gasteiger partial charge in [0.05, 0.1) is 0 Å². The van der Waals surface area contributed by atoms with Crippen LogP contribution < -0.4 is 5.32 Å². The maximum atomic E-state index is 4.27. The summed E-state index contributed by atoms with van der Waals surface area (Å²) < 4.78 is 1.08. The standard InChI is InChI=1S/C16H25BrN2/c1-2-7-19-16(9-13-5-3-4-6-13)10-14-8-15(17)12-18-11-14/h8,11-13,16,19H,2-7,9-10H2,1H3. The van der Waals surface area contributed by atoms with Gasteiger partial charge in [0, 0.05) is 22.9 Å². The van der Waals surface area contributed by atoms with Gasteiger partial charge in [0.1, 0.15) is 0 Å². The average molecular weight is 325 g/mol. The Morgan fingerprint density at radius 2 is 2.16 bits per heavy atom. The molecule has 0 aliphatic heterocycles. The van der Waals surface area contributed by atoms with Crippen LogP contribution in [0.25, 0.3) is 0 Å². The maximum Gasteiger partial charge on any atom is 0.0410 e. The van der Waals surface area contributed by atoms with Gasteiger partial charge >= 0.3 is 0 Å². The van der Waals surface area contributed by atoms with Gasteiger partial charge in [0.15, 0.2) is 0 Å². The lowest BCUT2D eigenvalue weighted by Crippen LogP contribution is -2.33. The molecule has 1 unspecified atom stereocenters. The molecule has 0 radical (unpaired) electrons. The molecule has 1 aliphatic rings. The highest BCUT2D eigenvalue weighted by molar-refractivity contribution is 9.10. The number of aromatic nitrogens is 1. The van der Waals surface area contributed by atoms with E-state index in [2.05, 4.69) is 39.2 Å². The Kier molecular flexibility index (Phi) is 6.32. The molecule has 106 valence electrons. The molecule has 1 N–H and O–H groups in total. The zero-order valence-electron chi connectivity index (χ0n) is 11.9. The Balaban J connectivity index is 1.92. The molecule has 3 heteroatoms. The molecule has 0 saturated heterocycles. The first-order valence-corrected chi connectivity index (χ1v) is 8.40. The fourth-order valence-corrected chi connectivity index (χ4v) is 3.50. The minimum Gasteiger partial charge on any atom is -0.314 e. The van der Waals surface area contributed by atoms with Crippen LogP contribution >= 0.6 is 15.9 Å². The summed E-state index contributed by atoms with van der Waals surface area (Å²) in [5.74, 6) is 0.939. The molecule has 1 atom stereocenters. The first kappa shape index (κ1) is 15.0. The van der Waals surface area contributed by atoms with E-state index in [1.54, 1.807) is 0 Å². The van der Waals surface area contributed by atoms with E-state index in [-0.39, 0.29) is 0 Å². The molecule has 0 amide bonds. The molecule has 0 aromatic carbocycles. The van der Waals surface area contributed by atoms with Crippen molar-refractivity contribution >= 4 is 15.9 Å². The minimum atomic E-state index is 0.610. The number of rotatable bonds is 7. The molecule has 1 aromatic heterocycles. The summed E-state index contributed by atoms with van der Waals surface area (Å²) in [4.78, 5) is 4.27. The number of halogens is 1. The summed E-state index contributed by atoms with van der Waals surface area (Å²) in [5.41, 5.74) is 1.33. The fourth-order valence-electron chi connectivity index (χ4n) is 3.09. The van der Waals surface area contributed by atoms with Gasteiger partial charge in [-0.25, -0.2) is 0 Å². The van der Waals surface area contributed by atoms with Crippen molar-refractivity contribution in [3.8, 4) is 0 Å². The molecular formula is C16H25BrN2. The number of hydrogen-bond acceptors (Lipinski definition) is 2. The van der Waals surface area contributed by atoms with Crippen molar-refractivity contribution < 1.29 is 0 Å². The Labute approximate surface area is 125 Å². The molecule has 1 heterocycles. The molecule has 0 spiro atoms. The van der Waals surface area contributed by atoms with Crippen molar-refractivity contribution in [2.45, 2.75) is 57.9 Å². The Morgan fingerprint density at radius 1 is 1.37 bits per heavy atom. The predicted molar refractivity (Wildman–Crippen MR) is 84.3 cm³/mol. The maximum absolute atomic E-state index is 4.27. The molecule has 2 nitrogen and oxygen atoms in total. The highest BCUT2D eigenvalue weighted by atomic mass is 79.9.